The number of β-amino-alcohol motifs (C(OH)–C–C–N with tert-alkyl or cyclic N) is 1. The van der Waals surface area contributed by atoms with Crippen LogP contribution in [0.15, 0.2) is 0 Å². The molecule has 0 aromatic heterocycles. The SMILES string of the molecule is CC(=O)N1CCN(C(C)C)CC1.CC(C)CCC(=O)O.CC(C)N1CC2CCC(C1)N2C.CC(C)N1CCN(C)CC1.CC(C)N1CCN(CCO)CC1. The molecule has 2 N–H and O–H groups in total. The fourth-order valence-corrected chi connectivity index (χ4v) is 7.52. The number of carboxylic acids is 1. The number of likely N-dealkylation sites (N-methyl/N-ethyl adjacent to an activating group) is 2. The summed E-state index contributed by atoms with van der Waals surface area (Å²) in [6.07, 6.45) is 3.93. The van der Waals surface area contributed by atoms with Crippen molar-refractivity contribution in [2.24, 2.45) is 5.92 Å². The van der Waals surface area contributed by atoms with E-state index in [1.807, 2.05) is 18.7 Å². The van der Waals surface area contributed by atoms with Gasteiger partial charge in [-0.25, -0.2) is 0 Å². The van der Waals surface area contributed by atoms with Crippen molar-refractivity contribution >= 4 is 11.9 Å². The average Bonchev–Trinajstić information content (AvgIpc) is 3.30. The first-order valence-corrected chi connectivity index (χ1v) is 21.5. The first kappa shape index (κ1) is 50.6. The van der Waals surface area contributed by atoms with Crippen molar-refractivity contribution in [2.75, 3.05) is 119 Å². The van der Waals surface area contributed by atoms with Crippen LogP contribution in [0.2, 0.25) is 0 Å². The minimum absolute atomic E-state index is 0.207. The molecule has 0 radical (unpaired) electrons. The van der Waals surface area contributed by atoms with Gasteiger partial charge in [-0.1, -0.05) is 13.8 Å². The van der Waals surface area contributed by atoms with E-state index < -0.39 is 5.97 Å². The smallest absolute Gasteiger partial charge is 0.303 e. The van der Waals surface area contributed by atoms with E-state index in [0.29, 0.717) is 31.0 Å². The molecule has 0 aliphatic carbocycles. The Kier molecular flexibility index (Phi) is 25.6. The summed E-state index contributed by atoms with van der Waals surface area (Å²) in [5, 5.41) is 16.9. The molecule has 12 heteroatoms. The summed E-state index contributed by atoms with van der Waals surface area (Å²) in [6.45, 7) is 40.8. The second-order valence-corrected chi connectivity index (χ2v) is 17.7. The molecule has 2 atom stereocenters. The van der Waals surface area contributed by atoms with Gasteiger partial charge in [0.25, 0.3) is 0 Å². The molecule has 0 spiro atoms. The maximum atomic E-state index is 11.0. The number of aliphatic carboxylic acids is 1. The fraction of sp³-hybridized carbons (Fsp3) is 0.952. The highest BCUT2D eigenvalue weighted by Crippen LogP contribution is 2.29. The molecule has 1 amide bonds. The van der Waals surface area contributed by atoms with Crippen LogP contribution < -0.4 is 0 Å². The lowest BCUT2D eigenvalue weighted by molar-refractivity contribution is -0.137. The van der Waals surface area contributed by atoms with Crippen molar-refractivity contribution in [3.8, 4) is 0 Å². The normalized spacial score (nSPS) is 23.7. The van der Waals surface area contributed by atoms with Gasteiger partial charge >= 0.3 is 5.97 Å². The van der Waals surface area contributed by atoms with E-state index in [-0.39, 0.29) is 5.91 Å². The minimum atomic E-state index is -0.696. The predicted octanol–water partition coefficient (Wildman–Crippen LogP) is 3.89. The fourth-order valence-electron chi connectivity index (χ4n) is 7.52. The molecule has 320 valence electrons. The number of carboxylic acid groups (broad SMARTS) is 1. The number of rotatable bonds is 9. The molecule has 5 aliphatic rings. The van der Waals surface area contributed by atoms with E-state index in [2.05, 4.69) is 104 Å². The van der Waals surface area contributed by atoms with Gasteiger partial charge in [-0.15, -0.1) is 0 Å². The summed E-state index contributed by atoms with van der Waals surface area (Å²) in [5.74, 6) is 0.0169. The summed E-state index contributed by atoms with van der Waals surface area (Å²) in [6, 6.07) is 4.45. The van der Waals surface area contributed by atoms with E-state index in [9.17, 15) is 9.59 Å². The molecule has 5 heterocycles. The zero-order chi connectivity index (χ0) is 41.0. The quantitative estimate of drug-likeness (QED) is 0.358. The number of likely N-dealkylation sites (tertiary alicyclic amines) is 1. The number of hydrogen-bond acceptors (Lipinski definition) is 10. The molecule has 0 aromatic rings. The lowest BCUT2D eigenvalue weighted by atomic mass is 10.1. The Morgan fingerprint density at radius 2 is 0.981 bits per heavy atom. The number of carbonyl (C=O) groups is 2. The molecule has 54 heavy (non-hydrogen) atoms. The zero-order valence-corrected chi connectivity index (χ0v) is 37.5. The van der Waals surface area contributed by atoms with Gasteiger partial charge < -0.3 is 20.0 Å². The lowest BCUT2D eigenvalue weighted by Gasteiger charge is -2.40. The number of carbonyl (C=O) groups excluding carboxylic acids is 1. The van der Waals surface area contributed by atoms with Crippen molar-refractivity contribution in [3.63, 3.8) is 0 Å². The van der Waals surface area contributed by atoms with Gasteiger partial charge in [-0.05, 0) is 94.7 Å². The molecule has 0 aromatic carbocycles. The number of piperazine rings is 4. The standard InChI is InChI=1S/C10H20N2.C9H18N2O.C9H20N2O.C8H18N2.C6H12O2/c1-8(2)12-6-9-4-5-10(7-12)11(9)3;1-8(2)10-4-6-11(7-5-10)9(3)12;1-9(2)11-5-3-10(4-6-11)7-8-12;1-8(2)10-6-4-9(3)5-7-10;1-5(2)3-4-6(7)8/h8-10H,4-7H2,1-3H3;8H,4-7H2,1-3H3;9,12H,3-8H2,1-2H3;8H,4-7H2,1-3H3;5H,3-4H2,1-2H3,(H,7,8). The monoisotopic (exact) mass is 769 g/mol. The molecule has 0 saturated carbocycles. The Balaban J connectivity index is 0.000000340. The largest absolute Gasteiger partial charge is 0.481 e. The van der Waals surface area contributed by atoms with Gasteiger partial charge in [0, 0.05) is 148 Å². The third-order valence-electron chi connectivity index (χ3n) is 11.9. The molecule has 12 nitrogen and oxygen atoms in total. The molecule has 5 rings (SSSR count). The van der Waals surface area contributed by atoms with Crippen molar-refractivity contribution in [1.29, 1.82) is 0 Å². The maximum Gasteiger partial charge on any atom is 0.303 e. The molecular weight excluding hydrogens is 681 g/mol. The zero-order valence-electron chi connectivity index (χ0n) is 37.5. The number of hydrogen-bond donors (Lipinski definition) is 2. The van der Waals surface area contributed by atoms with Crippen molar-refractivity contribution in [2.45, 2.75) is 138 Å². The molecular formula is C42H88N8O4. The van der Waals surface area contributed by atoms with Crippen LogP contribution in [0.1, 0.15) is 102 Å². The van der Waals surface area contributed by atoms with E-state index in [1.165, 1.54) is 52.1 Å². The molecule has 5 aliphatic heterocycles. The molecule has 5 fully saturated rings. The van der Waals surface area contributed by atoms with Crippen LogP contribution in [0.4, 0.5) is 0 Å². The molecule has 5 saturated heterocycles. The van der Waals surface area contributed by atoms with Crippen LogP contribution in [-0.4, -0.2) is 216 Å². The Hall–Kier alpha value is -1.38. The van der Waals surface area contributed by atoms with Crippen molar-refractivity contribution < 1.29 is 19.8 Å². The van der Waals surface area contributed by atoms with Crippen molar-refractivity contribution in [3.05, 3.63) is 0 Å². The van der Waals surface area contributed by atoms with Crippen LogP contribution >= 0.6 is 0 Å². The Labute approximate surface area is 333 Å². The Morgan fingerprint density at radius 3 is 1.30 bits per heavy atom. The topological polar surface area (TPSA) is 101 Å². The highest BCUT2D eigenvalue weighted by Gasteiger charge is 2.37. The van der Waals surface area contributed by atoms with Gasteiger partial charge in [-0.2, -0.15) is 0 Å². The average molecular weight is 769 g/mol. The highest BCUT2D eigenvalue weighted by molar-refractivity contribution is 5.73. The predicted molar refractivity (Wildman–Crippen MR) is 226 cm³/mol. The summed E-state index contributed by atoms with van der Waals surface area (Å²) >= 11 is 0. The number of aliphatic hydroxyl groups excluding tert-OH is 1. The summed E-state index contributed by atoms with van der Waals surface area (Å²) in [4.78, 5) is 40.1. The number of aliphatic hydroxyl groups is 1. The van der Waals surface area contributed by atoms with Crippen LogP contribution in [0.5, 0.6) is 0 Å². The summed E-state index contributed by atoms with van der Waals surface area (Å²) in [5.41, 5.74) is 0. The first-order valence-electron chi connectivity index (χ1n) is 21.5. The minimum Gasteiger partial charge on any atom is -0.481 e. The van der Waals surface area contributed by atoms with E-state index in [4.69, 9.17) is 10.2 Å². The van der Waals surface area contributed by atoms with E-state index in [0.717, 1.165) is 89.5 Å². The third-order valence-corrected chi connectivity index (χ3v) is 11.9. The maximum absolute atomic E-state index is 11.0. The van der Waals surface area contributed by atoms with E-state index in [1.54, 1.807) is 6.92 Å². The van der Waals surface area contributed by atoms with Crippen LogP contribution in [0.3, 0.4) is 0 Å². The van der Waals surface area contributed by atoms with Crippen LogP contribution in [-0.2, 0) is 9.59 Å². The summed E-state index contributed by atoms with van der Waals surface area (Å²) < 4.78 is 0. The Morgan fingerprint density at radius 1 is 0.593 bits per heavy atom. The van der Waals surface area contributed by atoms with Gasteiger partial charge in [0.1, 0.15) is 0 Å². The third kappa shape index (κ3) is 20.7. The van der Waals surface area contributed by atoms with Gasteiger partial charge in [-0.3, -0.25) is 39.0 Å². The molecule has 2 unspecified atom stereocenters. The first-order chi connectivity index (χ1) is 25.4. The Bertz CT molecular complexity index is 961. The van der Waals surface area contributed by atoms with Gasteiger partial charge in [0.2, 0.25) is 5.91 Å². The number of fused-ring (bicyclic) bond motifs is 2. The molecule has 2 bridgehead atoms. The summed E-state index contributed by atoms with van der Waals surface area (Å²) in [7, 11) is 4.48. The second-order valence-electron chi connectivity index (χ2n) is 17.7. The van der Waals surface area contributed by atoms with Crippen LogP contribution in [0, 0.1) is 5.92 Å². The highest BCUT2D eigenvalue weighted by atomic mass is 16.4. The lowest BCUT2D eigenvalue weighted by Crippen LogP contribution is -2.53. The van der Waals surface area contributed by atoms with Crippen LogP contribution in [0.25, 0.3) is 0 Å². The van der Waals surface area contributed by atoms with Gasteiger partial charge in [0.05, 0.1) is 6.61 Å². The van der Waals surface area contributed by atoms with Gasteiger partial charge in [0.15, 0.2) is 0 Å². The second kappa shape index (κ2) is 27.3. The number of amides is 1. The van der Waals surface area contributed by atoms with E-state index >= 15 is 0 Å². The number of nitrogens with zero attached hydrogens (tertiary/aromatic N) is 8. The van der Waals surface area contributed by atoms with Crippen molar-refractivity contribution in [1.82, 2.24) is 39.2 Å².